The molecule has 1 saturated heterocycles. The van der Waals surface area contributed by atoms with Gasteiger partial charge in [-0.3, -0.25) is 4.79 Å². The van der Waals surface area contributed by atoms with Crippen molar-refractivity contribution < 1.29 is 17.9 Å². The van der Waals surface area contributed by atoms with Crippen LogP contribution in [0.4, 0.5) is 0 Å². The molecule has 0 unspecified atom stereocenters. The average molecular weight is 407 g/mol. The number of aromatic nitrogens is 1. The molecule has 6 nitrogen and oxygen atoms in total. The minimum atomic E-state index is -3.55. The van der Waals surface area contributed by atoms with Gasteiger partial charge in [0.25, 0.3) is 0 Å². The molecule has 1 aromatic carbocycles. The molecule has 3 rings (SSSR count). The van der Waals surface area contributed by atoms with Crippen molar-refractivity contribution in [3.63, 3.8) is 0 Å². The average Bonchev–Trinajstić information content (AvgIpc) is 2.69. The first-order valence-electron chi connectivity index (χ1n) is 8.65. The van der Waals surface area contributed by atoms with Crippen LogP contribution in [0.5, 0.6) is 0 Å². The number of aryl methyl sites for hydroxylation is 2. The molecule has 0 aliphatic carbocycles. The Morgan fingerprint density at radius 1 is 1.19 bits per heavy atom. The van der Waals surface area contributed by atoms with E-state index in [1.807, 2.05) is 32.0 Å². The maximum Gasteiger partial charge on any atom is 0.244 e. The van der Waals surface area contributed by atoms with Gasteiger partial charge in [0.1, 0.15) is 4.90 Å². The van der Waals surface area contributed by atoms with E-state index in [9.17, 15) is 13.2 Å². The summed E-state index contributed by atoms with van der Waals surface area (Å²) < 4.78 is 31.8. The van der Waals surface area contributed by atoms with Gasteiger partial charge in [-0.1, -0.05) is 29.5 Å². The Bertz CT molecular complexity index is 921. The summed E-state index contributed by atoms with van der Waals surface area (Å²) in [6, 6.07) is 9.01. The monoisotopic (exact) mass is 406 g/mol. The molecule has 2 heterocycles. The van der Waals surface area contributed by atoms with Gasteiger partial charge in [-0.15, -0.1) is 0 Å². The molecule has 1 fully saturated rings. The Morgan fingerprint density at radius 3 is 2.59 bits per heavy atom. The number of ether oxygens (including phenoxy) is 1. The van der Waals surface area contributed by atoms with Crippen molar-refractivity contribution >= 4 is 27.6 Å². The zero-order valence-electron chi connectivity index (χ0n) is 15.3. The van der Waals surface area contributed by atoms with E-state index in [1.165, 1.54) is 22.3 Å². The molecule has 0 amide bonds. The van der Waals surface area contributed by atoms with Crippen molar-refractivity contribution in [3.05, 3.63) is 53.2 Å². The van der Waals surface area contributed by atoms with E-state index in [2.05, 4.69) is 4.98 Å². The van der Waals surface area contributed by atoms with Crippen LogP contribution in [0.3, 0.4) is 0 Å². The molecule has 144 valence electrons. The minimum absolute atomic E-state index is 0.0352. The fourth-order valence-electron chi connectivity index (χ4n) is 2.79. The zero-order valence-corrected chi connectivity index (χ0v) is 17.0. The number of sulfonamides is 1. The van der Waals surface area contributed by atoms with Crippen molar-refractivity contribution in [1.82, 2.24) is 9.29 Å². The second-order valence-electron chi connectivity index (χ2n) is 6.38. The largest absolute Gasteiger partial charge is 0.379 e. The highest BCUT2D eigenvalue weighted by molar-refractivity contribution is 7.99. The first-order chi connectivity index (χ1) is 12.9. The molecular formula is C19H22N2O4S2. The Hall–Kier alpha value is -1.74. The molecular weight excluding hydrogens is 384 g/mol. The fourth-order valence-corrected chi connectivity index (χ4v) is 4.87. The maximum absolute atomic E-state index is 12.6. The quantitative estimate of drug-likeness (QED) is 0.542. The van der Waals surface area contributed by atoms with Gasteiger partial charge in [-0.25, -0.2) is 13.4 Å². The third kappa shape index (κ3) is 4.76. The smallest absolute Gasteiger partial charge is 0.244 e. The summed E-state index contributed by atoms with van der Waals surface area (Å²) >= 11 is 1.30. The summed E-state index contributed by atoms with van der Waals surface area (Å²) in [6.07, 6.45) is 1.36. The predicted molar refractivity (Wildman–Crippen MR) is 105 cm³/mol. The van der Waals surface area contributed by atoms with Crippen LogP contribution in [0, 0.1) is 13.8 Å². The zero-order chi connectivity index (χ0) is 19.4. The SMILES string of the molecule is Cc1ccc(C)c(C(=O)CSc2ccc(S(=O)(=O)N3CCOCC3)cn2)c1. The Balaban J connectivity index is 1.65. The second kappa shape index (κ2) is 8.52. The Kier molecular flexibility index (Phi) is 6.31. The van der Waals surface area contributed by atoms with Crippen LogP contribution in [-0.4, -0.2) is 55.5 Å². The molecule has 0 atom stereocenters. The topological polar surface area (TPSA) is 76.6 Å². The van der Waals surface area contributed by atoms with Crippen molar-refractivity contribution in [2.45, 2.75) is 23.8 Å². The molecule has 27 heavy (non-hydrogen) atoms. The second-order valence-corrected chi connectivity index (χ2v) is 9.31. The number of benzene rings is 1. The third-order valence-corrected chi connectivity index (χ3v) is 7.19. The first-order valence-corrected chi connectivity index (χ1v) is 11.1. The molecule has 0 saturated carbocycles. The first kappa shape index (κ1) is 20.0. The number of morpholine rings is 1. The number of carbonyl (C=O) groups is 1. The van der Waals surface area contributed by atoms with Crippen molar-refractivity contribution in [1.29, 1.82) is 0 Å². The standard InChI is InChI=1S/C19H22N2O4S2/c1-14-3-4-15(2)17(11-14)18(22)13-26-19-6-5-16(12-20-19)27(23,24)21-7-9-25-10-8-21/h3-6,11-12H,7-10,13H2,1-2H3. The van der Waals surface area contributed by atoms with Gasteiger partial charge in [-0.2, -0.15) is 4.31 Å². The van der Waals surface area contributed by atoms with Gasteiger partial charge in [0.15, 0.2) is 5.78 Å². The van der Waals surface area contributed by atoms with Gasteiger partial charge in [0.05, 0.1) is 24.0 Å². The highest BCUT2D eigenvalue weighted by Gasteiger charge is 2.26. The lowest BCUT2D eigenvalue weighted by molar-refractivity contribution is 0.0730. The number of thioether (sulfide) groups is 1. The number of hydrogen-bond donors (Lipinski definition) is 0. The van der Waals surface area contributed by atoms with Crippen LogP contribution >= 0.6 is 11.8 Å². The number of pyridine rings is 1. The molecule has 1 aromatic heterocycles. The Morgan fingerprint density at radius 2 is 1.93 bits per heavy atom. The molecule has 1 aliphatic heterocycles. The molecule has 8 heteroatoms. The van der Waals surface area contributed by atoms with Crippen LogP contribution in [-0.2, 0) is 14.8 Å². The van der Waals surface area contributed by atoms with Crippen molar-refractivity contribution in [2.75, 3.05) is 32.1 Å². The minimum Gasteiger partial charge on any atom is -0.379 e. The summed E-state index contributed by atoms with van der Waals surface area (Å²) in [4.78, 5) is 16.8. The number of rotatable bonds is 6. The van der Waals surface area contributed by atoms with E-state index in [0.717, 1.165) is 11.1 Å². The van der Waals surface area contributed by atoms with Crippen molar-refractivity contribution in [3.8, 4) is 0 Å². The van der Waals surface area contributed by atoms with Crippen LogP contribution < -0.4 is 0 Å². The predicted octanol–water partition coefficient (Wildman–Crippen LogP) is 2.69. The van der Waals surface area contributed by atoms with Gasteiger partial charge in [0, 0.05) is 24.8 Å². The van der Waals surface area contributed by atoms with E-state index in [1.54, 1.807) is 12.1 Å². The number of carbonyl (C=O) groups excluding carboxylic acids is 1. The lowest BCUT2D eigenvalue weighted by Gasteiger charge is -2.25. The lowest BCUT2D eigenvalue weighted by atomic mass is 10.0. The molecule has 0 N–H and O–H groups in total. The summed E-state index contributed by atoms with van der Waals surface area (Å²) in [5, 5.41) is 0.620. The van der Waals surface area contributed by atoms with Crippen LogP contribution in [0.15, 0.2) is 46.5 Å². The normalized spacial score (nSPS) is 15.6. The summed E-state index contributed by atoms with van der Waals surface area (Å²) in [6.45, 7) is 5.38. The van der Waals surface area contributed by atoms with E-state index in [0.29, 0.717) is 36.9 Å². The molecule has 1 aliphatic rings. The number of ketones is 1. The van der Waals surface area contributed by atoms with Crippen LogP contribution in [0.25, 0.3) is 0 Å². The highest BCUT2D eigenvalue weighted by Crippen LogP contribution is 2.22. The van der Waals surface area contributed by atoms with Gasteiger partial charge < -0.3 is 4.74 Å². The van der Waals surface area contributed by atoms with E-state index in [4.69, 9.17) is 4.74 Å². The maximum atomic E-state index is 12.6. The summed E-state index contributed by atoms with van der Waals surface area (Å²) in [7, 11) is -3.55. The fraction of sp³-hybridized carbons (Fsp3) is 0.368. The van der Waals surface area contributed by atoms with Gasteiger partial charge in [0.2, 0.25) is 10.0 Å². The van der Waals surface area contributed by atoms with E-state index >= 15 is 0 Å². The van der Waals surface area contributed by atoms with Crippen LogP contribution in [0.2, 0.25) is 0 Å². The molecule has 0 radical (unpaired) electrons. The number of nitrogens with zero attached hydrogens (tertiary/aromatic N) is 2. The summed E-state index contributed by atoms with van der Waals surface area (Å²) in [5.74, 6) is 0.292. The van der Waals surface area contributed by atoms with Gasteiger partial charge in [-0.05, 0) is 37.6 Å². The molecule has 2 aromatic rings. The number of Topliss-reactive ketones (excluding diaryl/α,β-unsaturated/α-hetero) is 1. The van der Waals surface area contributed by atoms with Crippen molar-refractivity contribution in [2.24, 2.45) is 0 Å². The van der Waals surface area contributed by atoms with E-state index < -0.39 is 10.0 Å². The highest BCUT2D eigenvalue weighted by atomic mass is 32.2. The number of hydrogen-bond acceptors (Lipinski definition) is 6. The summed E-state index contributed by atoms with van der Waals surface area (Å²) in [5.41, 5.74) is 2.71. The molecule has 0 spiro atoms. The van der Waals surface area contributed by atoms with Crippen LogP contribution in [0.1, 0.15) is 21.5 Å². The molecule has 0 bridgehead atoms. The van der Waals surface area contributed by atoms with Gasteiger partial charge >= 0.3 is 0 Å². The Labute approximate surface area is 164 Å². The third-order valence-electron chi connectivity index (χ3n) is 4.36. The van der Waals surface area contributed by atoms with E-state index in [-0.39, 0.29) is 16.4 Å². The lowest BCUT2D eigenvalue weighted by Crippen LogP contribution is -2.40.